The molecule has 0 aliphatic rings. The van der Waals surface area contributed by atoms with Gasteiger partial charge in [-0.25, -0.2) is 9.59 Å². The number of imidazole rings is 1. The standard InChI is InChI=1S/C15H22N4O2/c1-4-8-16-14(20)17(6-3)10-7-11-19-13-12-18(9-5-2)15(19)21/h4-6,8-9,12-13H,3,7,10-11H2,1-2H3,(H,16,20)/b8-4-,9-5+. The molecule has 0 spiro atoms. The Morgan fingerprint density at radius 3 is 2.76 bits per heavy atom. The average Bonchev–Trinajstić information content (AvgIpc) is 2.82. The maximum absolute atomic E-state index is 11.9. The van der Waals surface area contributed by atoms with Crippen molar-refractivity contribution < 1.29 is 4.79 Å². The second-order valence-electron chi connectivity index (χ2n) is 4.34. The molecule has 114 valence electrons. The molecule has 21 heavy (non-hydrogen) atoms. The van der Waals surface area contributed by atoms with Crippen molar-refractivity contribution in [3.8, 4) is 0 Å². The van der Waals surface area contributed by atoms with Crippen molar-refractivity contribution in [1.82, 2.24) is 19.4 Å². The molecule has 1 aromatic heterocycles. The third kappa shape index (κ3) is 4.83. The van der Waals surface area contributed by atoms with Crippen LogP contribution in [0.1, 0.15) is 20.3 Å². The third-order valence-corrected chi connectivity index (χ3v) is 2.84. The van der Waals surface area contributed by atoms with Crippen molar-refractivity contribution in [2.24, 2.45) is 0 Å². The van der Waals surface area contributed by atoms with Crippen LogP contribution in [0.3, 0.4) is 0 Å². The van der Waals surface area contributed by atoms with Gasteiger partial charge in [0, 0.05) is 44.1 Å². The molecule has 1 rings (SSSR count). The number of rotatable bonds is 7. The fourth-order valence-electron chi connectivity index (χ4n) is 1.80. The SMILES string of the molecule is C=CN(CCCn1ccn(/C=C/C)c1=O)C(=O)N/C=C\C. The van der Waals surface area contributed by atoms with Gasteiger partial charge in [0.1, 0.15) is 0 Å². The van der Waals surface area contributed by atoms with Crippen LogP contribution in [0, 0.1) is 0 Å². The quantitative estimate of drug-likeness (QED) is 0.837. The summed E-state index contributed by atoms with van der Waals surface area (Å²) in [6.07, 6.45) is 12.4. The topological polar surface area (TPSA) is 59.3 Å². The molecule has 6 heteroatoms. The second-order valence-corrected chi connectivity index (χ2v) is 4.34. The van der Waals surface area contributed by atoms with E-state index in [-0.39, 0.29) is 11.7 Å². The lowest BCUT2D eigenvalue weighted by molar-refractivity contribution is 0.218. The Morgan fingerprint density at radius 1 is 1.38 bits per heavy atom. The Balaban J connectivity index is 2.53. The number of hydrogen-bond donors (Lipinski definition) is 1. The van der Waals surface area contributed by atoms with Gasteiger partial charge in [0.25, 0.3) is 0 Å². The largest absolute Gasteiger partial charge is 0.332 e. The molecule has 0 aromatic carbocycles. The molecule has 1 aromatic rings. The van der Waals surface area contributed by atoms with Crippen LogP contribution < -0.4 is 11.0 Å². The first-order valence-corrected chi connectivity index (χ1v) is 6.85. The minimum Gasteiger partial charge on any atom is -0.315 e. The number of carbonyl (C=O) groups is 1. The predicted octanol–water partition coefficient (Wildman–Crippen LogP) is 2.22. The summed E-state index contributed by atoms with van der Waals surface area (Å²) in [6, 6.07) is -0.234. The van der Waals surface area contributed by atoms with Crippen LogP contribution in [0.5, 0.6) is 0 Å². The predicted molar refractivity (Wildman–Crippen MR) is 84.6 cm³/mol. The van der Waals surface area contributed by atoms with Crippen molar-refractivity contribution in [2.45, 2.75) is 26.8 Å². The Labute approximate surface area is 124 Å². The molecule has 0 radical (unpaired) electrons. The zero-order valence-electron chi connectivity index (χ0n) is 12.5. The summed E-state index contributed by atoms with van der Waals surface area (Å²) < 4.78 is 3.13. The monoisotopic (exact) mass is 290 g/mol. The molecule has 0 fully saturated rings. The van der Waals surface area contributed by atoms with E-state index in [9.17, 15) is 9.59 Å². The normalized spacial score (nSPS) is 11.1. The van der Waals surface area contributed by atoms with Crippen molar-refractivity contribution in [1.29, 1.82) is 0 Å². The van der Waals surface area contributed by atoms with E-state index >= 15 is 0 Å². The minimum absolute atomic E-state index is 0.0865. The van der Waals surface area contributed by atoms with Crippen LogP contribution >= 0.6 is 0 Å². The van der Waals surface area contributed by atoms with E-state index in [1.807, 2.05) is 13.8 Å². The number of amides is 2. The molecule has 6 nitrogen and oxygen atoms in total. The molecule has 0 aliphatic heterocycles. The fraction of sp³-hybridized carbons (Fsp3) is 0.333. The minimum atomic E-state index is -0.234. The summed E-state index contributed by atoms with van der Waals surface area (Å²) in [5, 5.41) is 2.62. The van der Waals surface area contributed by atoms with E-state index in [1.165, 1.54) is 15.7 Å². The maximum atomic E-state index is 11.9. The lowest BCUT2D eigenvalue weighted by Crippen LogP contribution is -2.34. The van der Waals surface area contributed by atoms with Crippen LogP contribution in [-0.2, 0) is 6.54 Å². The fourth-order valence-corrected chi connectivity index (χ4v) is 1.80. The van der Waals surface area contributed by atoms with Crippen molar-refractivity contribution in [3.05, 3.63) is 54.0 Å². The van der Waals surface area contributed by atoms with Gasteiger partial charge < -0.3 is 10.2 Å². The number of hydrogen-bond acceptors (Lipinski definition) is 2. The Hall–Kier alpha value is -2.50. The molecule has 0 bridgehead atoms. The smallest absolute Gasteiger partial charge is 0.315 e. The van der Waals surface area contributed by atoms with Gasteiger partial charge in [-0.1, -0.05) is 18.7 Å². The summed E-state index contributed by atoms with van der Waals surface area (Å²) in [5.74, 6) is 0. The van der Waals surface area contributed by atoms with Crippen molar-refractivity contribution >= 4 is 12.2 Å². The molecule has 0 unspecified atom stereocenters. The number of nitrogens with zero attached hydrogens (tertiary/aromatic N) is 3. The Morgan fingerprint density at radius 2 is 2.14 bits per heavy atom. The molecular formula is C15H22N4O2. The molecule has 2 amide bonds. The first-order chi connectivity index (χ1) is 10.1. The van der Waals surface area contributed by atoms with Gasteiger partial charge in [-0.05, 0) is 20.3 Å². The summed E-state index contributed by atoms with van der Waals surface area (Å²) in [5.41, 5.74) is -0.0865. The molecule has 0 saturated carbocycles. The van der Waals surface area contributed by atoms with E-state index in [4.69, 9.17) is 0 Å². The van der Waals surface area contributed by atoms with Gasteiger partial charge in [-0.3, -0.25) is 9.13 Å². The number of aromatic nitrogens is 2. The summed E-state index contributed by atoms with van der Waals surface area (Å²) in [4.78, 5) is 25.2. The lowest BCUT2D eigenvalue weighted by Gasteiger charge is -2.17. The number of carbonyl (C=O) groups excluding carboxylic acids is 1. The van der Waals surface area contributed by atoms with Gasteiger partial charge in [-0.2, -0.15) is 0 Å². The van der Waals surface area contributed by atoms with Gasteiger partial charge >= 0.3 is 11.7 Å². The van der Waals surface area contributed by atoms with Gasteiger partial charge in [0.15, 0.2) is 0 Å². The Kier molecular flexibility index (Phi) is 6.80. The first-order valence-electron chi connectivity index (χ1n) is 6.85. The van der Waals surface area contributed by atoms with Crippen LogP contribution in [0.15, 0.2) is 48.3 Å². The number of nitrogens with one attached hydrogen (secondary N) is 1. The highest BCUT2D eigenvalue weighted by atomic mass is 16.2. The van der Waals surface area contributed by atoms with Gasteiger partial charge in [0.2, 0.25) is 0 Å². The first kappa shape index (κ1) is 16.6. The highest BCUT2D eigenvalue weighted by Crippen LogP contribution is 1.96. The summed E-state index contributed by atoms with van der Waals surface area (Å²) >= 11 is 0. The van der Waals surface area contributed by atoms with Gasteiger partial charge in [0.05, 0.1) is 0 Å². The zero-order valence-corrected chi connectivity index (χ0v) is 12.5. The zero-order chi connectivity index (χ0) is 15.7. The number of aryl methyl sites for hydroxylation is 1. The Bertz CT molecular complexity index is 581. The lowest BCUT2D eigenvalue weighted by atomic mass is 10.4. The van der Waals surface area contributed by atoms with E-state index in [0.29, 0.717) is 19.5 Å². The highest BCUT2D eigenvalue weighted by Gasteiger charge is 2.08. The van der Waals surface area contributed by atoms with Crippen molar-refractivity contribution in [3.63, 3.8) is 0 Å². The van der Waals surface area contributed by atoms with Crippen LogP contribution in [0.25, 0.3) is 6.20 Å². The highest BCUT2D eigenvalue weighted by molar-refractivity contribution is 5.76. The van der Waals surface area contributed by atoms with Crippen molar-refractivity contribution in [2.75, 3.05) is 6.54 Å². The molecule has 0 saturated heterocycles. The molecule has 1 N–H and O–H groups in total. The molecular weight excluding hydrogens is 268 g/mol. The average molecular weight is 290 g/mol. The van der Waals surface area contributed by atoms with Crippen LogP contribution in [0.4, 0.5) is 4.79 Å². The van der Waals surface area contributed by atoms with Gasteiger partial charge in [-0.15, -0.1) is 0 Å². The molecule has 0 atom stereocenters. The summed E-state index contributed by atoms with van der Waals surface area (Å²) in [6.45, 7) is 8.34. The van der Waals surface area contributed by atoms with E-state index in [1.54, 1.807) is 41.5 Å². The van der Waals surface area contributed by atoms with Crippen LogP contribution in [0.2, 0.25) is 0 Å². The number of urea groups is 1. The van der Waals surface area contributed by atoms with E-state index < -0.39 is 0 Å². The second kappa shape index (κ2) is 8.63. The summed E-state index contributed by atoms with van der Waals surface area (Å²) in [7, 11) is 0. The number of allylic oxidation sites excluding steroid dienone is 2. The van der Waals surface area contributed by atoms with E-state index in [0.717, 1.165) is 0 Å². The van der Waals surface area contributed by atoms with E-state index in [2.05, 4.69) is 11.9 Å². The van der Waals surface area contributed by atoms with Crippen LogP contribution in [-0.4, -0.2) is 26.6 Å². The molecule has 1 heterocycles. The third-order valence-electron chi connectivity index (χ3n) is 2.84. The molecule has 0 aliphatic carbocycles. The maximum Gasteiger partial charge on any atom is 0.332 e.